The molecule has 0 heterocycles. The van der Waals surface area contributed by atoms with Crippen LogP contribution in [-0.4, -0.2) is 18.1 Å². The Morgan fingerprint density at radius 1 is 1.17 bits per heavy atom. The van der Waals surface area contributed by atoms with E-state index in [1.807, 2.05) is 26.0 Å². The van der Waals surface area contributed by atoms with Crippen molar-refractivity contribution in [2.75, 3.05) is 18.5 Å². The van der Waals surface area contributed by atoms with Crippen molar-refractivity contribution in [3.63, 3.8) is 0 Å². The molecule has 1 N–H and O–H groups in total. The first-order valence-corrected chi connectivity index (χ1v) is 8.40. The fourth-order valence-electron chi connectivity index (χ4n) is 2.20. The third-order valence-corrected chi connectivity index (χ3v) is 3.80. The van der Waals surface area contributed by atoms with Crippen LogP contribution in [0.25, 0.3) is 0 Å². The first-order chi connectivity index (χ1) is 11.5. The van der Waals surface area contributed by atoms with E-state index in [4.69, 9.17) is 9.47 Å². The molecule has 2 rings (SSSR count). The van der Waals surface area contributed by atoms with Gasteiger partial charge in [0.2, 0.25) is 0 Å². The van der Waals surface area contributed by atoms with E-state index in [-0.39, 0.29) is 5.69 Å². The van der Waals surface area contributed by atoms with E-state index in [2.05, 4.69) is 21.2 Å². The maximum Gasteiger partial charge on any atom is 0.271 e. The third kappa shape index (κ3) is 4.61. The van der Waals surface area contributed by atoms with Crippen LogP contribution >= 0.6 is 15.9 Å². The summed E-state index contributed by atoms with van der Waals surface area (Å²) in [4.78, 5) is 10.4. The minimum atomic E-state index is -0.411. The minimum absolute atomic E-state index is 0.0582. The highest BCUT2D eigenvalue weighted by Gasteiger charge is 2.12. The van der Waals surface area contributed by atoms with Gasteiger partial charge in [0.25, 0.3) is 5.69 Å². The molecule has 0 aliphatic heterocycles. The molecule has 0 spiro atoms. The number of hydrogen-bond donors (Lipinski definition) is 1. The molecule has 2 aromatic rings. The van der Waals surface area contributed by atoms with E-state index < -0.39 is 4.92 Å². The summed E-state index contributed by atoms with van der Waals surface area (Å²) in [5.74, 6) is 1.35. The second-order valence-electron chi connectivity index (χ2n) is 4.93. The van der Waals surface area contributed by atoms with Gasteiger partial charge in [-0.2, -0.15) is 0 Å². The van der Waals surface area contributed by atoms with Gasteiger partial charge < -0.3 is 14.8 Å². The molecule has 0 fully saturated rings. The zero-order valence-electron chi connectivity index (χ0n) is 13.5. The molecule has 0 amide bonds. The van der Waals surface area contributed by atoms with Gasteiger partial charge in [-0.15, -0.1) is 0 Å². The van der Waals surface area contributed by atoms with Gasteiger partial charge >= 0.3 is 0 Å². The van der Waals surface area contributed by atoms with E-state index in [1.165, 1.54) is 12.1 Å². The molecule has 0 aromatic heterocycles. The molecule has 2 aromatic carbocycles. The zero-order chi connectivity index (χ0) is 17.5. The molecule has 7 heteroatoms. The number of anilines is 1. The van der Waals surface area contributed by atoms with Gasteiger partial charge in [-0.05, 0) is 53.5 Å². The van der Waals surface area contributed by atoms with Gasteiger partial charge in [0, 0.05) is 24.4 Å². The van der Waals surface area contributed by atoms with Crippen molar-refractivity contribution in [2.24, 2.45) is 0 Å². The Hall–Kier alpha value is -2.28. The topological polar surface area (TPSA) is 73.6 Å². The fraction of sp³-hybridized carbons (Fsp3) is 0.294. The Morgan fingerprint density at radius 2 is 1.92 bits per heavy atom. The average Bonchev–Trinajstić information content (AvgIpc) is 2.56. The molecular formula is C17H19BrN2O4. The summed E-state index contributed by atoms with van der Waals surface area (Å²) in [6.45, 7) is 5.42. The quantitative estimate of drug-likeness (QED) is 0.515. The van der Waals surface area contributed by atoms with Crippen LogP contribution < -0.4 is 14.8 Å². The van der Waals surface area contributed by atoms with Crippen molar-refractivity contribution in [2.45, 2.75) is 20.4 Å². The highest BCUT2D eigenvalue weighted by atomic mass is 79.9. The number of halogens is 1. The largest absolute Gasteiger partial charge is 0.490 e. The molecule has 0 radical (unpaired) electrons. The lowest BCUT2D eigenvalue weighted by molar-refractivity contribution is -0.384. The van der Waals surface area contributed by atoms with Crippen LogP contribution in [0.1, 0.15) is 19.4 Å². The van der Waals surface area contributed by atoms with Gasteiger partial charge in [0.05, 0.1) is 22.6 Å². The first kappa shape index (κ1) is 18.1. The highest BCUT2D eigenvalue weighted by molar-refractivity contribution is 9.10. The predicted octanol–water partition coefficient (Wildman–Crippen LogP) is 4.77. The maximum atomic E-state index is 10.8. The van der Waals surface area contributed by atoms with Crippen LogP contribution in [-0.2, 0) is 6.54 Å². The normalized spacial score (nSPS) is 10.3. The van der Waals surface area contributed by atoms with Crippen LogP contribution in [0.5, 0.6) is 11.5 Å². The first-order valence-electron chi connectivity index (χ1n) is 7.61. The number of non-ortho nitro benzene ring substituents is 1. The second-order valence-corrected chi connectivity index (χ2v) is 5.79. The standard InChI is InChI=1S/C17H19BrN2O4/c1-3-23-16-9-12(8-15(18)17(16)24-4-2)11-19-13-6-5-7-14(10-13)20(21)22/h5-10,19H,3-4,11H2,1-2H3. The van der Waals surface area contributed by atoms with Crippen molar-refractivity contribution < 1.29 is 14.4 Å². The second kappa shape index (κ2) is 8.54. The molecule has 0 saturated carbocycles. The number of benzene rings is 2. The van der Waals surface area contributed by atoms with E-state index in [9.17, 15) is 10.1 Å². The lowest BCUT2D eigenvalue weighted by Gasteiger charge is -2.15. The molecule has 24 heavy (non-hydrogen) atoms. The minimum Gasteiger partial charge on any atom is -0.490 e. The maximum absolute atomic E-state index is 10.8. The van der Waals surface area contributed by atoms with Crippen molar-refractivity contribution in [1.82, 2.24) is 0 Å². The number of ether oxygens (including phenoxy) is 2. The summed E-state index contributed by atoms with van der Waals surface area (Å²) in [5, 5.41) is 14.0. The summed E-state index contributed by atoms with van der Waals surface area (Å²) >= 11 is 3.50. The lowest BCUT2D eigenvalue weighted by Crippen LogP contribution is -2.03. The predicted molar refractivity (Wildman–Crippen MR) is 96.9 cm³/mol. The fourth-order valence-corrected chi connectivity index (χ4v) is 2.81. The summed E-state index contributed by atoms with van der Waals surface area (Å²) < 4.78 is 12.1. The molecule has 0 aliphatic rings. The van der Waals surface area contributed by atoms with Crippen LogP contribution in [0.3, 0.4) is 0 Å². The van der Waals surface area contributed by atoms with E-state index in [1.54, 1.807) is 12.1 Å². The molecule has 0 saturated heterocycles. The number of hydrogen-bond acceptors (Lipinski definition) is 5. The van der Waals surface area contributed by atoms with E-state index in [0.29, 0.717) is 36.9 Å². The SMILES string of the molecule is CCOc1cc(CNc2cccc([N+](=O)[O-])c2)cc(Br)c1OCC. The van der Waals surface area contributed by atoms with Crippen LogP contribution in [0.4, 0.5) is 11.4 Å². The number of nitrogens with zero attached hydrogens (tertiary/aromatic N) is 1. The summed E-state index contributed by atoms with van der Waals surface area (Å²) in [7, 11) is 0. The average molecular weight is 395 g/mol. The number of nitro groups is 1. The van der Waals surface area contributed by atoms with Gasteiger partial charge in [0.1, 0.15) is 0 Å². The lowest BCUT2D eigenvalue weighted by atomic mass is 10.2. The van der Waals surface area contributed by atoms with Crippen molar-refractivity contribution in [3.05, 3.63) is 56.5 Å². The van der Waals surface area contributed by atoms with Crippen molar-refractivity contribution >= 4 is 27.3 Å². The van der Waals surface area contributed by atoms with Gasteiger partial charge in [0.15, 0.2) is 11.5 Å². The third-order valence-electron chi connectivity index (χ3n) is 3.21. The van der Waals surface area contributed by atoms with Crippen molar-refractivity contribution in [3.8, 4) is 11.5 Å². The van der Waals surface area contributed by atoms with Gasteiger partial charge in [-0.1, -0.05) is 6.07 Å². The van der Waals surface area contributed by atoms with E-state index in [0.717, 1.165) is 10.0 Å². The van der Waals surface area contributed by atoms with Gasteiger partial charge in [-0.3, -0.25) is 10.1 Å². The summed E-state index contributed by atoms with van der Waals surface area (Å²) in [6, 6.07) is 10.3. The molecular weight excluding hydrogens is 376 g/mol. The Morgan fingerprint density at radius 3 is 2.58 bits per heavy atom. The van der Waals surface area contributed by atoms with Gasteiger partial charge in [-0.25, -0.2) is 0 Å². The molecule has 6 nitrogen and oxygen atoms in total. The van der Waals surface area contributed by atoms with Crippen LogP contribution in [0, 0.1) is 10.1 Å². The Balaban J connectivity index is 2.17. The van der Waals surface area contributed by atoms with Crippen molar-refractivity contribution in [1.29, 1.82) is 0 Å². The highest BCUT2D eigenvalue weighted by Crippen LogP contribution is 2.37. The van der Waals surface area contributed by atoms with Crippen LogP contribution in [0.2, 0.25) is 0 Å². The summed E-state index contributed by atoms with van der Waals surface area (Å²) in [5.41, 5.74) is 1.72. The number of nitro benzene ring substituents is 1. The molecule has 0 aliphatic carbocycles. The van der Waals surface area contributed by atoms with Crippen LogP contribution in [0.15, 0.2) is 40.9 Å². The Kier molecular flexibility index (Phi) is 6.43. The monoisotopic (exact) mass is 394 g/mol. The Labute approximate surface area is 149 Å². The summed E-state index contributed by atoms with van der Waals surface area (Å²) in [6.07, 6.45) is 0. The van der Waals surface area contributed by atoms with E-state index >= 15 is 0 Å². The zero-order valence-corrected chi connectivity index (χ0v) is 15.1. The molecule has 0 atom stereocenters. The number of rotatable bonds is 8. The smallest absolute Gasteiger partial charge is 0.271 e. The number of nitrogens with one attached hydrogen (secondary N) is 1. The molecule has 0 unspecified atom stereocenters. The molecule has 128 valence electrons. The Bertz CT molecular complexity index is 722. The molecule has 0 bridgehead atoms.